The number of aromatic nitrogens is 1. The molecule has 4 N–H and O–H groups in total. The largest absolute Gasteiger partial charge is 0.326 e. The molecule has 1 aromatic heterocycles. The van der Waals surface area contributed by atoms with Crippen LogP contribution in [0.5, 0.6) is 0 Å². The first-order valence-corrected chi connectivity index (χ1v) is 9.76. The summed E-state index contributed by atoms with van der Waals surface area (Å²) in [4.78, 5) is 27.2. The van der Waals surface area contributed by atoms with Gasteiger partial charge in [-0.1, -0.05) is 0 Å². The highest BCUT2D eigenvalue weighted by Crippen LogP contribution is 2.28. The van der Waals surface area contributed by atoms with Crippen LogP contribution in [-0.2, 0) is 9.59 Å². The molecule has 2 amide bonds. The topological polar surface area (TPSA) is 97.1 Å². The monoisotopic (exact) mass is 382 g/mol. The molecule has 0 saturated carbocycles. The Labute approximate surface area is 153 Å². The van der Waals surface area contributed by atoms with Crippen molar-refractivity contribution in [1.82, 2.24) is 4.98 Å². The summed E-state index contributed by atoms with van der Waals surface area (Å²) in [5.41, 5.74) is 6.88. The number of nitrogens with zero attached hydrogens (tertiary/aromatic N) is 1. The van der Waals surface area contributed by atoms with Gasteiger partial charge in [0.1, 0.15) is 5.82 Å². The molecule has 0 aliphatic heterocycles. The van der Waals surface area contributed by atoms with Crippen LogP contribution in [0.2, 0.25) is 0 Å². The minimum atomic E-state index is -0.603. The van der Waals surface area contributed by atoms with Crippen molar-refractivity contribution in [1.29, 1.82) is 0 Å². The first-order valence-electron chi connectivity index (χ1n) is 7.49. The Bertz CT molecular complexity index is 766. The van der Waals surface area contributed by atoms with Gasteiger partial charge in [0.15, 0.2) is 5.13 Å². The van der Waals surface area contributed by atoms with Gasteiger partial charge in [-0.05, 0) is 36.6 Å². The number of halogens is 1. The molecule has 25 heavy (non-hydrogen) atoms. The van der Waals surface area contributed by atoms with Gasteiger partial charge in [0, 0.05) is 23.6 Å². The number of anilines is 2. The van der Waals surface area contributed by atoms with Crippen LogP contribution in [0.1, 0.15) is 13.3 Å². The number of nitrogens with one attached hydrogen (secondary N) is 2. The minimum Gasteiger partial charge on any atom is -0.326 e. The van der Waals surface area contributed by atoms with E-state index in [9.17, 15) is 14.0 Å². The predicted octanol–water partition coefficient (Wildman–Crippen LogP) is 2.93. The lowest BCUT2D eigenvalue weighted by atomic mass is 10.1. The Morgan fingerprint density at radius 1 is 1.40 bits per heavy atom. The van der Waals surface area contributed by atoms with Crippen LogP contribution >= 0.6 is 23.1 Å². The quantitative estimate of drug-likeness (QED) is 0.684. The second-order valence-corrected chi connectivity index (χ2v) is 7.13. The van der Waals surface area contributed by atoms with Gasteiger partial charge in [0.25, 0.3) is 0 Å². The molecule has 0 radical (unpaired) electrons. The fourth-order valence-electron chi connectivity index (χ4n) is 2.03. The second kappa shape index (κ2) is 8.93. The molecule has 0 spiro atoms. The van der Waals surface area contributed by atoms with Crippen molar-refractivity contribution in [2.45, 2.75) is 19.4 Å². The molecule has 0 unspecified atom stereocenters. The van der Waals surface area contributed by atoms with Gasteiger partial charge in [-0.2, -0.15) is 11.8 Å². The maximum Gasteiger partial charge on any atom is 0.243 e. The minimum absolute atomic E-state index is 0.274. The van der Waals surface area contributed by atoms with E-state index in [4.69, 9.17) is 5.73 Å². The molecule has 0 bridgehead atoms. The smallest absolute Gasteiger partial charge is 0.243 e. The SMILES string of the molecule is CSCC[C@H](N)C(=O)Nc1nc(-c2ccc(NC(C)=O)cc2F)cs1. The fourth-order valence-corrected chi connectivity index (χ4v) is 3.24. The lowest BCUT2D eigenvalue weighted by molar-refractivity contribution is -0.117. The summed E-state index contributed by atoms with van der Waals surface area (Å²) in [6.45, 7) is 1.35. The molecular formula is C16H19FN4O2S2. The highest BCUT2D eigenvalue weighted by molar-refractivity contribution is 7.98. The van der Waals surface area contributed by atoms with Gasteiger partial charge in [-0.15, -0.1) is 11.3 Å². The lowest BCUT2D eigenvalue weighted by Crippen LogP contribution is -2.36. The van der Waals surface area contributed by atoms with Crippen molar-refractivity contribution in [2.75, 3.05) is 22.6 Å². The maximum atomic E-state index is 14.2. The third-order valence-corrected chi connectivity index (χ3v) is 4.67. The van der Waals surface area contributed by atoms with E-state index in [-0.39, 0.29) is 17.4 Å². The zero-order chi connectivity index (χ0) is 18.4. The number of amides is 2. The number of thioether (sulfide) groups is 1. The number of rotatable bonds is 7. The number of hydrogen-bond donors (Lipinski definition) is 3. The number of benzene rings is 1. The Balaban J connectivity index is 2.08. The number of hydrogen-bond acceptors (Lipinski definition) is 6. The Morgan fingerprint density at radius 3 is 2.80 bits per heavy atom. The molecule has 9 heteroatoms. The predicted molar refractivity (Wildman–Crippen MR) is 101 cm³/mol. The number of carbonyl (C=O) groups excluding carboxylic acids is 2. The first kappa shape index (κ1) is 19.4. The fraction of sp³-hybridized carbons (Fsp3) is 0.312. The zero-order valence-corrected chi connectivity index (χ0v) is 15.5. The van der Waals surface area contributed by atoms with Gasteiger partial charge in [-0.25, -0.2) is 9.37 Å². The van der Waals surface area contributed by atoms with Gasteiger partial charge in [-0.3, -0.25) is 9.59 Å². The molecule has 2 aromatic rings. The van der Waals surface area contributed by atoms with E-state index in [1.54, 1.807) is 23.2 Å². The highest BCUT2D eigenvalue weighted by atomic mass is 32.2. The van der Waals surface area contributed by atoms with Crippen LogP contribution in [0.15, 0.2) is 23.6 Å². The van der Waals surface area contributed by atoms with E-state index in [0.717, 1.165) is 5.75 Å². The van der Waals surface area contributed by atoms with Crippen molar-refractivity contribution in [3.05, 3.63) is 29.4 Å². The maximum absolute atomic E-state index is 14.2. The van der Waals surface area contributed by atoms with Gasteiger partial charge in [0.2, 0.25) is 11.8 Å². The van der Waals surface area contributed by atoms with E-state index in [1.807, 2.05) is 6.26 Å². The molecule has 1 atom stereocenters. The molecule has 0 aliphatic rings. The third-order valence-electron chi connectivity index (χ3n) is 3.27. The summed E-state index contributed by atoms with van der Waals surface area (Å²) in [7, 11) is 0. The Kier molecular flexibility index (Phi) is 6.91. The normalized spacial score (nSPS) is 11.8. The van der Waals surface area contributed by atoms with E-state index in [0.29, 0.717) is 22.9 Å². The molecule has 134 valence electrons. The molecule has 0 saturated heterocycles. The molecule has 0 fully saturated rings. The molecule has 1 heterocycles. The summed E-state index contributed by atoms with van der Waals surface area (Å²) in [6.07, 6.45) is 2.52. The lowest BCUT2D eigenvalue weighted by Gasteiger charge is -2.09. The van der Waals surface area contributed by atoms with Gasteiger partial charge < -0.3 is 16.4 Å². The van der Waals surface area contributed by atoms with Crippen LogP contribution in [0, 0.1) is 5.82 Å². The Hall–Kier alpha value is -1.97. The van der Waals surface area contributed by atoms with Crippen LogP contribution in [0.25, 0.3) is 11.3 Å². The van der Waals surface area contributed by atoms with Crippen LogP contribution in [0.3, 0.4) is 0 Å². The van der Waals surface area contributed by atoms with Crippen molar-refractivity contribution in [3.63, 3.8) is 0 Å². The van der Waals surface area contributed by atoms with Crippen molar-refractivity contribution >= 4 is 45.7 Å². The van der Waals surface area contributed by atoms with Crippen LogP contribution in [0.4, 0.5) is 15.2 Å². The van der Waals surface area contributed by atoms with E-state index < -0.39 is 11.9 Å². The average Bonchev–Trinajstić information content (AvgIpc) is 3.00. The van der Waals surface area contributed by atoms with Gasteiger partial charge >= 0.3 is 0 Å². The number of carbonyl (C=O) groups is 2. The third kappa shape index (κ3) is 5.52. The van der Waals surface area contributed by atoms with E-state index in [1.165, 1.54) is 30.4 Å². The summed E-state index contributed by atoms with van der Waals surface area (Å²) >= 11 is 2.82. The van der Waals surface area contributed by atoms with Crippen molar-refractivity contribution < 1.29 is 14.0 Å². The summed E-state index contributed by atoms with van der Waals surface area (Å²) in [5.74, 6) is -0.296. The number of thiazole rings is 1. The van der Waals surface area contributed by atoms with E-state index in [2.05, 4.69) is 15.6 Å². The highest BCUT2D eigenvalue weighted by Gasteiger charge is 2.16. The summed E-state index contributed by atoms with van der Waals surface area (Å²) < 4.78 is 14.2. The van der Waals surface area contributed by atoms with Gasteiger partial charge in [0.05, 0.1) is 11.7 Å². The number of nitrogens with two attached hydrogens (primary N) is 1. The standard InChI is InChI=1S/C16H19FN4O2S2/c1-9(22)19-10-3-4-11(12(17)7-10)14-8-25-16(20-14)21-15(23)13(18)5-6-24-2/h3-4,7-8,13H,5-6,18H2,1-2H3,(H,19,22)(H,20,21,23)/t13-/m0/s1. The second-order valence-electron chi connectivity index (χ2n) is 5.29. The van der Waals surface area contributed by atoms with Crippen LogP contribution in [-0.4, -0.2) is 34.8 Å². The molecule has 2 rings (SSSR count). The Morgan fingerprint density at radius 2 is 2.16 bits per heavy atom. The van der Waals surface area contributed by atoms with Crippen LogP contribution < -0.4 is 16.4 Å². The zero-order valence-electron chi connectivity index (χ0n) is 13.8. The molecule has 0 aliphatic carbocycles. The molecular weight excluding hydrogens is 363 g/mol. The van der Waals surface area contributed by atoms with Crippen molar-refractivity contribution in [2.24, 2.45) is 5.73 Å². The molecule has 1 aromatic carbocycles. The summed E-state index contributed by atoms with van der Waals surface area (Å²) in [5, 5.41) is 7.19. The summed E-state index contributed by atoms with van der Waals surface area (Å²) in [6, 6.07) is 3.75. The van der Waals surface area contributed by atoms with E-state index >= 15 is 0 Å². The van der Waals surface area contributed by atoms with Crippen molar-refractivity contribution in [3.8, 4) is 11.3 Å². The first-order chi connectivity index (χ1) is 11.9. The molecule has 6 nitrogen and oxygen atoms in total. The average molecular weight is 382 g/mol.